The molecule has 1 fully saturated rings. The second-order valence-corrected chi connectivity index (χ2v) is 6.66. The Balaban J connectivity index is 1.78. The van der Waals surface area contributed by atoms with Crippen LogP contribution < -0.4 is 9.47 Å². The van der Waals surface area contributed by atoms with Gasteiger partial charge in [0, 0.05) is 13.5 Å². The first-order valence-corrected chi connectivity index (χ1v) is 9.10. The van der Waals surface area contributed by atoms with Gasteiger partial charge in [0.1, 0.15) is 35.9 Å². The molecule has 0 radical (unpaired) electrons. The van der Waals surface area contributed by atoms with Gasteiger partial charge in [-0.2, -0.15) is 0 Å². The SMILES string of the molecule is COc1ccc(Cc2ccccc2O[C@@H]2O[C@H](CO)[C@@H](O)[C@H](OC)[C@H]2O)cc1. The lowest BCUT2D eigenvalue weighted by Crippen LogP contribution is -2.60. The molecule has 0 saturated carbocycles. The zero-order chi connectivity index (χ0) is 20.1. The number of rotatable bonds is 7. The fourth-order valence-electron chi connectivity index (χ4n) is 3.28. The van der Waals surface area contributed by atoms with Crippen LogP contribution in [-0.2, 0) is 15.9 Å². The average molecular weight is 390 g/mol. The molecule has 2 aromatic rings. The third-order valence-corrected chi connectivity index (χ3v) is 4.86. The van der Waals surface area contributed by atoms with E-state index in [0.29, 0.717) is 12.2 Å². The number of aliphatic hydroxyl groups excluding tert-OH is 3. The van der Waals surface area contributed by atoms with Crippen LogP contribution in [0, 0.1) is 0 Å². The van der Waals surface area contributed by atoms with Crippen LogP contribution in [0.1, 0.15) is 11.1 Å². The van der Waals surface area contributed by atoms with E-state index in [0.717, 1.165) is 16.9 Å². The van der Waals surface area contributed by atoms with Crippen molar-refractivity contribution in [3.63, 3.8) is 0 Å². The highest BCUT2D eigenvalue weighted by atomic mass is 16.7. The van der Waals surface area contributed by atoms with E-state index in [4.69, 9.17) is 18.9 Å². The van der Waals surface area contributed by atoms with Gasteiger partial charge in [0.2, 0.25) is 6.29 Å². The molecule has 7 heteroatoms. The molecule has 3 rings (SSSR count). The minimum Gasteiger partial charge on any atom is -0.497 e. The van der Waals surface area contributed by atoms with Crippen LogP contribution in [0.25, 0.3) is 0 Å². The van der Waals surface area contributed by atoms with Gasteiger partial charge in [-0.3, -0.25) is 0 Å². The largest absolute Gasteiger partial charge is 0.497 e. The zero-order valence-corrected chi connectivity index (χ0v) is 15.9. The Morgan fingerprint density at radius 3 is 2.32 bits per heavy atom. The second kappa shape index (κ2) is 9.36. The van der Waals surface area contributed by atoms with Crippen molar-refractivity contribution in [1.82, 2.24) is 0 Å². The van der Waals surface area contributed by atoms with Crippen molar-refractivity contribution in [1.29, 1.82) is 0 Å². The van der Waals surface area contributed by atoms with Crippen molar-refractivity contribution in [3.05, 3.63) is 59.7 Å². The summed E-state index contributed by atoms with van der Waals surface area (Å²) in [6.45, 7) is -0.416. The Hall–Kier alpha value is -2.16. The van der Waals surface area contributed by atoms with Crippen LogP contribution in [0.5, 0.6) is 11.5 Å². The average Bonchev–Trinajstić information content (AvgIpc) is 2.72. The van der Waals surface area contributed by atoms with E-state index < -0.39 is 37.3 Å². The smallest absolute Gasteiger partial charge is 0.229 e. The van der Waals surface area contributed by atoms with Crippen molar-refractivity contribution >= 4 is 0 Å². The lowest BCUT2D eigenvalue weighted by molar-refractivity contribution is -0.282. The van der Waals surface area contributed by atoms with E-state index in [1.165, 1.54) is 7.11 Å². The highest BCUT2D eigenvalue weighted by molar-refractivity contribution is 5.39. The molecule has 7 nitrogen and oxygen atoms in total. The third-order valence-electron chi connectivity index (χ3n) is 4.86. The van der Waals surface area contributed by atoms with Gasteiger partial charge in [0.25, 0.3) is 0 Å². The molecular formula is C21H26O7. The Morgan fingerprint density at radius 2 is 1.68 bits per heavy atom. The standard InChI is InChI=1S/C21H26O7/c1-25-15-9-7-13(8-10-15)11-14-5-3-4-6-16(14)27-21-19(24)20(26-2)18(23)17(12-22)28-21/h3-10,17-24H,11-12H2,1-2H3/t17-,18-,19-,20+,21-/m1/s1. The molecule has 28 heavy (non-hydrogen) atoms. The van der Waals surface area contributed by atoms with Crippen LogP contribution in [0.4, 0.5) is 0 Å². The van der Waals surface area contributed by atoms with Gasteiger partial charge in [-0.05, 0) is 29.3 Å². The lowest BCUT2D eigenvalue weighted by atomic mass is 9.99. The number of benzene rings is 2. The molecule has 1 heterocycles. The van der Waals surface area contributed by atoms with E-state index >= 15 is 0 Å². The summed E-state index contributed by atoms with van der Waals surface area (Å²) in [6.07, 6.45) is -4.67. The van der Waals surface area contributed by atoms with Gasteiger partial charge < -0.3 is 34.3 Å². The molecule has 0 amide bonds. The van der Waals surface area contributed by atoms with Crippen LogP contribution in [0.3, 0.4) is 0 Å². The second-order valence-electron chi connectivity index (χ2n) is 6.66. The summed E-state index contributed by atoms with van der Waals surface area (Å²) in [6, 6.07) is 15.2. The third kappa shape index (κ3) is 4.45. The summed E-state index contributed by atoms with van der Waals surface area (Å²) in [5, 5.41) is 30.1. The predicted octanol–water partition coefficient (Wildman–Crippen LogP) is 1.12. The number of hydrogen-bond acceptors (Lipinski definition) is 7. The molecule has 0 aromatic heterocycles. The van der Waals surface area contributed by atoms with E-state index in [1.807, 2.05) is 42.5 Å². The Morgan fingerprint density at radius 1 is 0.964 bits per heavy atom. The summed E-state index contributed by atoms with van der Waals surface area (Å²) >= 11 is 0. The van der Waals surface area contributed by atoms with Crippen LogP contribution >= 0.6 is 0 Å². The minimum atomic E-state index is -1.21. The first-order valence-electron chi connectivity index (χ1n) is 9.10. The van der Waals surface area contributed by atoms with Crippen LogP contribution in [-0.4, -0.2) is 66.9 Å². The highest BCUT2D eigenvalue weighted by Crippen LogP contribution is 2.29. The Labute approximate surface area is 164 Å². The van der Waals surface area contributed by atoms with Crippen molar-refractivity contribution in [3.8, 4) is 11.5 Å². The van der Waals surface area contributed by atoms with Crippen LogP contribution in [0.15, 0.2) is 48.5 Å². The molecule has 1 saturated heterocycles. The predicted molar refractivity (Wildman–Crippen MR) is 101 cm³/mol. The first kappa shape index (κ1) is 20.6. The molecule has 0 bridgehead atoms. The lowest BCUT2D eigenvalue weighted by Gasteiger charge is -2.41. The maximum atomic E-state index is 10.5. The topological polar surface area (TPSA) is 97.6 Å². The molecule has 3 N–H and O–H groups in total. The quantitative estimate of drug-likeness (QED) is 0.652. The summed E-state index contributed by atoms with van der Waals surface area (Å²) in [5.74, 6) is 1.33. The van der Waals surface area contributed by atoms with Gasteiger partial charge in [-0.1, -0.05) is 30.3 Å². The molecule has 0 aliphatic carbocycles. The molecular weight excluding hydrogens is 364 g/mol. The number of ether oxygens (including phenoxy) is 4. The van der Waals surface area contributed by atoms with Crippen molar-refractivity contribution in [2.45, 2.75) is 37.1 Å². The highest BCUT2D eigenvalue weighted by Gasteiger charge is 2.46. The van der Waals surface area contributed by atoms with Gasteiger partial charge in [0.15, 0.2) is 0 Å². The monoisotopic (exact) mass is 390 g/mol. The maximum absolute atomic E-state index is 10.5. The summed E-state index contributed by atoms with van der Waals surface area (Å²) in [4.78, 5) is 0. The number of para-hydroxylation sites is 1. The first-order chi connectivity index (χ1) is 13.6. The van der Waals surface area contributed by atoms with Crippen molar-refractivity contribution < 1.29 is 34.3 Å². The van der Waals surface area contributed by atoms with E-state index in [2.05, 4.69) is 0 Å². The van der Waals surface area contributed by atoms with Gasteiger partial charge >= 0.3 is 0 Å². The van der Waals surface area contributed by atoms with Crippen molar-refractivity contribution in [2.75, 3.05) is 20.8 Å². The summed E-state index contributed by atoms with van der Waals surface area (Å²) in [7, 11) is 3.00. The fraction of sp³-hybridized carbons (Fsp3) is 0.429. The molecule has 2 aromatic carbocycles. The number of aliphatic hydroxyl groups is 3. The minimum absolute atomic E-state index is 0.416. The van der Waals surface area contributed by atoms with Gasteiger partial charge in [0.05, 0.1) is 13.7 Å². The zero-order valence-electron chi connectivity index (χ0n) is 15.9. The molecule has 1 aliphatic heterocycles. The van der Waals surface area contributed by atoms with E-state index in [-0.39, 0.29) is 0 Å². The van der Waals surface area contributed by atoms with Gasteiger partial charge in [-0.25, -0.2) is 0 Å². The van der Waals surface area contributed by atoms with E-state index in [1.54, 1.807) is 13.2 Å². The maximum Gasteiger partial charge on any atom is 0.229 e. The van der Waals surface area contributed by atoms with E-state index in [9.17, 15) is 15.3 Å². The normalized spacial score (nSPS) is 27.4. The summed E-state index contributed by atoms with van der Waals surface area (Å²) in [5.41, 5.74) is 1.98. The summed E-state index contributed by atoms with van der Waals surface area (Å²) < 4.78 is 21.9. The molecule has 5 atom stereocenters. The molecule has 0 spiro atoms. The Bertz CT molecular complexity index is 749. The number of hydrogen-bond donors (Lipinski definition) is 3. The van der Waals surface area contributed by atoms with Gasteiger partial charge in [-0.15, -0.1) is 0 Å². The van der Waals surface area contributed by atoms with Crippen molar-refractivity contribution in [2.24, 2.45) is 0 Å². The Kier molecular flexibility index (Phi) is 6.88. The molecule has 0 unspecified atom stereocenters. The fourth-order valence-corrected chi connectivity index (χ4v) is 3.28. The molecule has 1 aliphatic rings. The number of methoxy groups -OCH3 is 2. The van der Waals surface area contributed by atoms with Crippen LogP contribution in [0.2, 0.25) is 0 Å². The molecule has 152 valence electrons.